The van der Waals surface area contributed by atoms with Crippen molar-refractivity contribution in [3.05, 3.63) is 29.3 Å². The molecule has 0 aliphatic rings. The van der Waals surface area contributed by atoms with Crippen LogP contribution in [0.1, 0.15) is 32.4 Å². The fourth-order valence-corrected chi connectivity index (χ4v) is 2.69. The van der Waals surface area contributed by atoms with Gasteiger partial charge >= 0.3 is 0 Å². The fourth-order valence-electron chi connectivity index (χ4n) is 1.90. The molecule has 2 aromatic rings. The number of nitrogens with zero attached hydrogens (tertiary/aromatic N) is 1. The van der Waals surface area contributed by atoms with Crippen molar-refractivity contribution in [1.29, 1.82) is 0 Å². The Morgan fingerprint density at radius 1 is 1.44 bits per heavy atom. The second-order valence-corrected chi connectivity index (χ2v) is 5.42. The molecule has 0 saturated heterocycles. The highest BCUT2D eigenvalue weighted by atomic mass is 32.1. The summed E-state index contributed by atoms with van der Waals surface area (Å²) < 4.78 is 6.76. The van der Waals surface area contributed by atoms with Gasteiger partial charge in [0.25, 0.3) is 0 Å². The maximum absolute atomic E-state index is 5.51. The summed E-state index contributed by atoms with van der Waals surface area (Å²) in [5, 5.41) is 5.56. The van der Waals surface area contributed by atoms with E-state index in [1.807, 2.05) is 13.1 Å². The van der Waals surface area contributed by atoms with Crippen LogP contribution in [0.5, 0.6) is 0 Å². The molecule has 0 radical (unpaired) electrons. The van der Waals surface area contributed by atoms with E-state index in [1.165, 1.54) is 10.3 Å². The molecule has 98 valence electrons. The van der Waals surface area contributed by atoms with Crippen LogP contribution in [-0.4, -0.2) is 24.2 Å². The lowest BCUT2D eigenvalue weighted by Crippen LogP contribution is -2.29. The molecule has 0 bridgehead atoms. The smallest absolute Gasteiger partial charge is 0.0809 e. The Labute approximate surface area is 112 Å². The van der Waals surface area contributed by atoms with Crippen molar-refractivity contribution in [3.8, 4) is 0 Å². The van der Waals surface area contributed by atoms with Crippen LogP contribution < -0.4 is 5.32 Å². The molecule has 0 amide bonds. The molecule has 3 nitrogen and oxygen atoms in total. The fraction of sp³-hybridized carbons (Fsp3) is 0.500. The molecule has 0 aliphatic heterocycles. The van der Waals surface area contributed by atoms with Crippen LogP contribution in [0.15, 0.2) is 23.7 Å². The zero-order chi connectivity index (χ0) is 13.0. The van der Waals surface area contributed by atoms with Crippen LogP contribution in [0.2, 0.25) is 0 Å². The SMILES string of the molecule is CCOC(C)CNC(C)c1cnc2ccsc2c1. The molecule has 2 rings (SSSR count). The minimum atomic E-state index is 0.246. The molecule has 2 heterocycles. The molecule has 0 aliphatic carbocycles. The van der Waals surface area contributed by atoms with E-state index in [0.717, 1.165) is 18.7 Å². The molecule has 2 unspecified atom stereocenters. The summed E-state index contributed by atoms with van der Waals surface area (Å²) >= 11 is 1.74. The Morgan fingerprint density at radius 2 is 2.28 bits per heavy atom. The van der Waals surface area contributed by atoms with Gasteiger partial charge in [-0.15, -0.1) is 11.3 Å². The Morgan fingerprint density at radius 3 is 3.06 bits per heavy atom. The van der Waals surface area contributed by atoms with E-state index < -0.39 is 0 Å². The number of fused-ring (bicyclic) bond motifs is 1. The van der Waals surface area contributed by atoms with Crippen LogP contribution >= 0.6 is 11.3 Å². The van der Waals surface area contributed by atoms with Gasteiger partial charge in [-0.25, -0.2) is 0 Å². The molecule has 0 saturated carbocycles. The van der Waals surface area contributed by atoms with E-state index in [9.17, 15) is 0 Å². The largest absolute Gasteiger partial charge is 0.377 e. The van der Waals surface area contributed by atoms with Crippen LogP contribution in [0.25, 0.3) is 10.2 Å². The van der Waals surface area contributed by atoms with Crippen molar-refractivity contribution in [2.75, 3.05) is 13.2 Å². The topological polar surface area (TPSA) is 34.1 Å². The highest BCUT2D eigenvalue weighted by molar-refractivity contribution is 7.17. The number of nitrogens with one attached hydrogen (secondary N) is 1. The van der Waals surface area contributed by atoms with Gasteiger partial charge in [0.15, 0.2) is 0 Å². The predicted octanol–water partition coefficient (Wildman–Crippen LogP) is 3.37. The van der Waals surface area contributed by atoms with E-state index in [4.69, 9.17) is 4.74 Å². The Balaban J connectivity index is 1.97. The van der Waals surface area contributed by atoms with Gasteiger partial charge in [0, 0.05) is 25.4 Å². The van der Waals surface area contributed by atoms with Gasteiger partial charge in [-0.2, -0.15) is 0 Å². The Hall–Kier alpha value is -0.970. The van der Waals surface area contributed by atoms with E-state index in [2.05, 4.69) is 41.7 Å². The Bertz CT molecular complexity index is 497. The third-order valence-corrected chi connectivity index (χ3v) is 3.84. The number of rotatable bonds is 6. The predicted molar refractivity (Wildman–Crippen MR) is 77.1 cm³/mol. The molecular formula is C14H20N2OS. The third-order valence-electron chi connectivity index (χ3n) is 2.99. The van der Waals surface area contributed by atoms with Gasteiger partial charge in [-0.3, -0.25) is 4.98 Å². The maximum atomic E-state index is 5.51. The average Bonchev–Trinajstić information content (AvgIpc) is 2.83. The van der Waals surface area contributed by atoms with Gasteiger partial charge in [0.05, 0.1) is 16.3 Å². The zero-order valence-corrected chi connectivity index (χ0v) is 12.0. The van der Waals surface area contributed by atoms with Crippen molar-refractivity contribution in [1.82, 2.24) is 10.3 Å². The molecule has 18 heavy (non-hydrogen) atoms. The molecule has 1 N–H and O–H groups in total. The summed E-state index contributed by atoms with van der Waals surface area (Å²) in [5.74, 6) is 0. The van der Waals surface area contributed by atoms with Crippen molar-refractivity contribution in [2.24, 2.45) is 0 Å². The van der Waals surface area contributed by atoms with Crippen LogP contribution in [-0.2, 0) is 4.74 Å². The number of pyridine rings is 1. The standard InChI is InChI=1S/C14H20N2OS/c1-4-17-10(2)8-15-11(3)12-7-14-13(16-9-12)5-6-18-14/h5-7,9-11,15H,4,8H2,1-3H3. The lowest BCUT2D eigenvalue weighted by Gasteiger charge is -2.18. The quantitative estimate of drug-likeness (QED) is 0.868. The minimum absolute atomic E-state index is 0.246. The molecular weight excluding hydrogens is 244 g/mol. The van der Waals surface area contributed by atoms with E-state index >= 15 is 0 Å². The molecule has 0 aromatic carbocycles. The maximum Gasteiger partial charge on any atom is 0.0809 e. The summed E-state index contributed by atoms with van der Waals surface area (Å²) in [5.41, 5.74) is 2.31. The average molecular weight is 264 g/mol. The summed E-state index contributed by atoms with van der Waals surface area (Å²) in [4.78, 5) is 4.46. The number of hydrogen-bond donors (Lipinski definition) is 1. The minimum Gasteiger partial charge on any atom is -0.377 e. The van der Waals surface area contributed by atoms with E-state index in [1.54, 1.807) is 11.3 Å². The van der Waals surface area contributed by atoms with Gasteiger partial charge in [-0.05, 0) is 43.8 Å². The van der Waals surface area contributed by atoms with Crippen molar-refractivity contribution in [3.63, 3.8) is 0 Å². The number of thiophene rings is 1. The van der Waals surface area contributed by atoms with Crippen LogP contribution in [0, 0.1) is 0 Å². The summed E-state index contributed by atoms with van der Waals surface area (Å²) in [6.45, 7) is 7.89. The number of ether oxygens (including phenoxy) is 1. The molecule has 2 atom stereocenters. The lowest BCUT2D eigenvalue weighted by molar-refractivity contribution is 0.0743. The van der Waals surface area contributed by atoms with Gasteiger partial charge in [-0.1, -0.05) is 0 Å². The molecule has 2 aromatic heterocycles. The highest BCUT2D eigenvalue weighted by Crippen LogP contribution is 2.22. The van der Waals surface area contributed by atoms with Crippen LogP contribution in [0.3, 0.4) is 0 Å². The van der Waals surface area contributed by atoms with Crippen molar-refractivity contribution < 1.29 is 4.74 Å². The summed E-state index contributed by atoms with van der Waals surface area (Å²) in [6, 6.07) is 4.57. The summed E-state index contributed by atoms with van der Waals surface area (Å²) in [6.07, 6.45) is 2.20. The first-order valence-electron chi connectivity index (χ1n) is 6.39. The van der Waals surface area contributed by atoms with Crippen molar-refractivity contribution in [2.45, 2.75) is 32.9 Å². The number of hydrogen-bond acceptors (Lipinski definition) is 4. The van der Waals surface area contributed by atoms with E-state index in [-0.39, 0.29) is 6.10 Å². The second kappa shape index (κ2) is 6.27. The number of aromatic nitrogens is 1. The van der Waals surface area contributed by atoms with Crippen molar-refractivity contribution >= 4 is 21.6 Å². The molecule has 0 fully saturated rings. The normalized spacial score (nSPS) is 14.8. The zero-order valence-electron chi connectivity index (χ0n) is 11.1. The third kappa shape index (κ3) is 3.28. The van der Waals surface area contributed by atoms with Gasteiger partial charge < -0.3 is 10.1 Å². The molecule has 4 heteroatoms. The summed E-state index contributed by atoms with van der Waals surface area (Å²) in [7, 11) is 0. The first-order chi connectivity index (χ1) is 8.70. The molecule has 0 spiro atoms. The lowest BCUT2D eigenvalue weighted by atomic mass is 10.1. The highest BCUT2D eigenvalue weighted by Gasteiger charge is 2.09. The van der Waals surface area contributed by atoms with Gasteiger partial charge in [0.1, 0.15) is 0 Å². The first-order valence-corrected chi connectivity index (χ1v) is 7.26. The van der Waals surface area contributed by atoms with Gasteiger partial charge in [0.2, 0.25) is 0 Å². The first kappa shape index (κ1) is 13.5. The Kier molecular flexibility index (Phi) is 4.69. The second-order valence-electron chi connectivity index (χ2n) is 4.47. The van der Waals surface area contributed by atoms with Crippen LogP contribution in [0.4, 0.5) is 0 Å². The van der Waals surface area contributed by atoms with E-state index in [0.29, 0.717) is 6.04 Å². The monoisotopic (exact) mass is 264 g/mol.